The molecular weight excluding hydrogens is 333 g/mol. The van der Waals surface area contributed by atoms with Gasteiger partial charge >= 0.3 is 0 Å². The van der Waals surface area contributed by atoms with Gasteiger partial charge in [0.05, 0.1) is 0 Å². The molecule has 0 bridgehead atoms. The number of carbonyl (C=O) groups is 1. The first-order valence-corrected chi connectivity index (χ1v) is 7.80. The number of hydrogen-bond acceptors (Lipinski definition) is 3. The van der Waals surface area contributed by atoms with E-state index in [0.717, 1.165) is 38.2 Å². The highest BCUT2D eigenvalue weighted by atomic mass is 35.5. The summed E-state index contributed by atoms with van der Waals surface area (Å²) in [5, 5.41) is 0. The van der Waals surface area contributed by atoms with Crippen molar-refractivity contribution >= 4 is 30.7 Å². The first-order chi connectivity index (χ1) is 10.0. The zero-order valence-electron chi connectivity index (χ0n) is 14.2. The van der Waals surface area contributed by atoms with Crippen LogP contribution in [0.5, 0.6) is 0 Å². The fourth-order valence-corrected chi connectivity index (χ4v) is 2.86. The fraction of sp³-hybridized carbons (Fsp3) is 0.588. The van der Waals surface area contributed by atoms with E-state index in [9.17, 15) is 4.79 Å². The molecule has 0 saturated carbocycles. The number of nitrogens with two attached hydrogens (primary N) is 1. The van der Waals surface area contributed by atoms with Crippen LogP contribution < -0.4 is 5.73 Å². The Morgan fingerprint density at radius 1 is 1.35 bits per heavy atom. The molecule has 1 fully saturated rings. The van der Waals surface area contributed by atoms with Crippen LogP contribution in [0.4, 0.5) is 0 Å². The lowest BCUT2D eigenvalue weighted by molar-refractivity contribution is -0.131. The molecule has 1 aliphatic heterocycles. The summed E-state index contributed by atoms with van der Waals surface area (Å²) in [6.45, 7) is 7.97. The lowest BCUT2D eigenvalue weighted by atomic mass is 10.0. The average Bonchev–Trinajstić information content (AvgIpc) is 2.94. The van der Waals surface area contributed by atoms with Crippen LogP contribution in [0.25, 0.3) is 0 Å². The maximum atomic E-state index is 12.5. The van der Waals surface area contributed by atoms with E-state index in [1.165, 1.54) is 5.56 Å². The minimum absolute atomic E-state index is 0. The summed E-state index contributed by atoms with van der Waals surface area (Å²) in [6, 6.07) is 7.39. The molecule has 2 N–H and O–H groups in total. The van der Waals surface area contributed by atoms with Gasteiger partial charge in [0.1, 0.15) is 6.04 Å². The molecule has 23 heavy (non-hydrogen) atoms. The van der Waals surface area contributed by atoms with E-state index in [2.05, 4.69) is 18.9 Å². The van der Waals surface area contributed by atoms with Crippen LogP contribution in [-0.2, 0) is 4.79 Å². The SMILES string of the molecule is CCN(C)CC1CCN(C(=O)C(N)c2ccc(C)cc2)C1.Cl.Cl. The minimum Gasteiger partial charge on any atom is -0.341 e. The number of nitrogens with zero attached hydrogens (tertiary/aromatic N) is 2. The van der Waals surface area contributed by atoms with E-state index < -0.39 is 6.04 Å². The molecule has 132 valence electrons. The summed E-state index contributed by atoms with van der Waals surface area (Å²) in [7, 11) is 2.13. The molecule has 2 rings (SSSR count). The predicted octanol–water partition coefficient (Wildman–Crippen LogP) is 2.64. The third-order valence-electron chi connectivity index (χ3n) is 4.41. The number of carbonyl (C=O) groups excluding carboxylic acids is 1. The lowest BCUT2D eigenvalue weighted by Crippen LogP contribution is -2.38. The number of likely N-dealkylation sites (tertiary alicyclic amines) is 1. The highest BCUT2D eigenvalue weighted by Crippen LogP contribution is 2.21. The Hall–Kier alpha value is -0.810. The van der Waals surface area contributed by atoms with Crippen molar-refractivity contribution < 1.29 is 4.79 Å². The average molecular weight is 362 g/mol. The molecule has 1 aromatic carbocycles. The lowest BCUT2D eigenvalue weighted by Gasteiger charge is -2.22. The number of halogens is 2. The van der Waals surface area contributed by atoms with Crippen molar-refractivity contribution in [2.24, 2.45) is 11.7 Å². The van der Waals surface area contributed by atoms with E-state index in [1.807, 2.05) is 36.1 Å². The van der Waals surface area contributed by atoms with E-state index in [-0.39, 0.29) is 30.7 Å². The summed E-state index contributed by atoms with van der Waals surface area (Å²) in [5.41, 5.74) is 8.22. The maximum absolute atomic E-state index is 12.5. The summed E-state index contributed by atoms with van der Waals surface area (Å²) in [5.74, 6) is 0.629. The first-order valence-electron chi connectivity index (χ1n) is 7.80. The van der Waals surface area contributed by atoms with Crippen LogP contribution in [0.3, 0.4) is 0 Å². The Morgan fingerprint density at radius 2 is 1.96 bits per heavy atom. The van der Waals surface area contributed by atoms with Crippen LogP contribution in [-0.4, -0.2) is 48.9 Å². The normalized spacial score (nSPS) is 18.3. The molecule has 0 aliphatic carbocycles. The number of rotatable bonds is 5. The molecule has 2 unspecified atom stereocenters. The topological polar surface area (TPSA) is 49.6 Å². The highest BCUT2D eigenvalue weighted by molar-refractivity contribution is 5.85. The summed E-state index contributed by atoms with van der Waals surface area (Å²) in [6.07, 6.45) is 1.08. The largest absolute Gasteiger partial charge is 0.341 e. The van der Waals surface area contributed by atoms with Gasteiger partial charge in [-0.15, -0.1) is 24.8 Å². The van der Waals surface area contributed by atoms with Crippen LogP contribution in [0.2, 0.25) is 0 Å². The first kappa shape index (κ1) is 22.2. The zero-order chi connectivity index (χ0) is 15.4. The molecule has 2 atom stereocenters. The Morgan fingerprint density at radius 3 is 2.52 bits per heavy atom. The Kier molecular flexibility index (Phi) is 9.78. The summed E-state index contributed by atoms with van der Waals surface area (Å²) >= 11 is 0. The molecule has 6 heteroatoms. The van der Waals surface area contributed by atoms with Gasteiger partial charge in [-0.05, 0) is 38.4 Å². The highest BCUT2D eigenvalue weighted by Gasteiger charge is 2.30. The van der Waals surface area contributed by atoms with E-state index >= 15 is 0 Å². The molecule has 4 nitrogen and oxygen atoms in total. The quantitative estimate of drug-likeness (QED) is 0.876. The Labute approximate surface area is 152 Å². The molecule has 0 radical (unpaired) electrons. The second-order valence-electron chi connectivity index (χ2n) is 6.18. The van der Waals surface area contributed by atoms with Crippen molar-refractivity contribution in [2.45, 2.75) is 26.3 Å². The molecule has 0 spiro atoms. The zero-order valence-corrected chi connectivity index (χ0v) is 15.8. The predicted molar refractivity (Wildman–Crippen MR) is 100 cm³/mol. The van der Waals surface area contributed by atoms with Crippen LogP contribution in [0.15, 0.2) is 24.3 Å². The Balaban J connectivity index is 0.00000242. The molecule has 1 aliphatic rings. The van der Waals surface area contributed by atoms with Gasteiger partial charge in [-0.1, -0.05) is 36.8 Å². The second-order valence-corrected chi connectivity index (χ2v) is 6.18. The monoisotopic (exact) mass is 361 g/mol. The van der Waals surface area contributed by atoms with Gasteiger partial charge in [-0.3, -0.25) is 4.79 Å². The van der Waals surface area contributed by atoms with E-state index in [4.69, 9.17) is 5.73 Å². The third-order valence-corrected chi connectivity index (χ3v) is 4.41. The number of amides is 1. The van der Waals surface area contributed by atoms with Crippen molar-refractivity contribution in [3.8, 4) is 0 Å². The van der Waals surface area contributed by atoms with Crippen molar-refractivity contribution in [1.82, 2.24) is 9.80 Å². The van der Waals surface area contributed by atoms with Gasteiger partial charge in [0.15, 0.2) is 0 Å². The van der Waals surface area contributed by atoms with Gasteiger partial charge in [-0.2, -0.15) is 0 Å². The standard InChI is InChI=1S/C17H27N3O.2ClH/c1-4-19(3)11-14-9-10-20(12-14)17(21)16(18)15-7-5-13(2)6-8-15;;/h5-8,14,16H,4,9-12,18H2,1-3H3;2*1H. The van der Waals surface area contributed by atoms with Gasteiger partial charge in [0.2, 0.25) is 5.91 Å². The summed E-state index contributed by atoms with van der Waals surface area (Å²) < 4.78 is 0. The molecule has 1 saturated heterocycles. The number of aryl methyl sites for hydroxylation is 1. The van der Waals surface area contributed by atoms with Crippen molar-refractivity contribution in [1.29, 1.82) is 0 Å². The van der Waals surface area contributed by atoms with Crippen LogP contribution in [0.1, 0.15) is 30.5 Å². The minimum atomic E-state index is -0.534. The molecule has 1 aromatic rings. The maximum Gasteiger partial charge on any atom is 0.244 e. The number of hydrogen-bond donors (Lipinski definition) is 1. The summed E-state index contributed by atoms with van der Waals surface area (Å²) in [4.78, 5) is 16.8. The van der Waals surface area contributed by atoms with Gasteiger partial charge in [-0.25, -0.2) is 0 Å². The van der Waals surface area contributed by atoms with Gasteiger partial charge in [0.25, 0.3) is 0 Å². The van der Waals surface area contributed by atoms with Crippen LogP contribution in [0, 0.1) is 12.8 Å². The Bertz CT molecular complexity index is 481. The van der Waals surface area contributed by atoms with E-state index in [0.29, 0.717) is 5.92 Å². The fourth-order valence-electron chi connectivity index (χ4n) is 2.86. The van der Waals surface area contributed by atoms with Crippen LogP contribution >= 0.6 is 24.8 Å². The van der Waals surface area contributed by atoms with Gasteiger partial charge < -0.3 is 15.5 Å². The third kappa shape index (κ3) is 5.96. The molecule has 0 aromatic heterocycles. The van der Waals surface area contributed by atoms with Crippen molar-refractivity contribution in [2.75, 3.05) is 33.2 Å². The van der Waals surface area contributed by atoms with Gasteiger partial charge in [0, 0.05) is 19.6 Å². The van der Waals surface area contributed by atoms with Crippen molar-refractivity contribution in [3.05, 3.63) is 35.4 Å². The molecule has 1 amide bonds. The van der Waals surface area contributed by atoms with E-state index in [1.54, 1.807) is 0 Å². The second kappa shape index (κ2) is 10.1. The van der Waals surface area contributed by atoms with Crippen molar-refractivity contribution in [3.63, 3.8) is 0 Å². The smallest absolute Gasteiger partial charge is 0.244 e. The number of benzene rings is 1. The molecular formula is C17H29Cl2N3O. The molecule has 1 heterocycles.